The molecule has 0 aromatic carbocycles. The van der Waals surface area contributed by atoms with Gasteiger partial charge in [-0.2, -0.15) is 0 Å². The Balaban J connectivity index is 2.37. The molecule has 1 amide bonds. The van der Waals surface area contributed by atoms with Crippen molar-refractivity contribution in [3.8, 4) is 0 Å². The maximum absolute atomic E-state index is 11.9. The van der Waals surface area contributed by atoms with Gasteiger partial charge in [0, 0.05) is 6.54 Å². The van der Waals surface area contributed by atoms with Crippen LogP contribution in [0.5, 0.6) is 0 Å². The molecule has 1 fully saturated rings. The number of aliphatic hydroxyl groups excluding tert-OH is 1. The van der Waals surface area contributed by atoms with E-state index < -0.39 is 11.6 Å². The summed E-state index contributed by atoms with van der Waals surface area (Å²) in [4.78, 5) is 11.9. The van der Waals surface area contributed by atoms with Crippen LogP contribution in [-0.2, 0) is 4.79 Å². The molecule has 0 bridgehead atoms. The lowest BCUT2D eigenvalue weighted by Crippen LogP contribution is -2.57. The first-order chi connectivity index (χ1) is 7.08. The van der Waals surface area contributed by atoms with Crippen LogP contribution in [0.3, 0.4) is 0 Å². The highest BCUT2D eigenvalue weighted by atomic mass is 16.3. The summed E-state index contributed by atoms with van der Waals surface area (Å²) in [6.07, 6.45) is 3.35. The van der Waals surface area contributed by atoms with Crippen molar-refractivity contribution in [3.05, 3.63) is 0 Å². The zero-order valence-electron chi connectivity index (χ0n) is 9.68. The van der Waals surface area contributed by atoms with Crippen LogP contribution in [-0.4, -0.2) is 35.7 Å². The Kier molecular flexibility index (Phi) is 4.54. The lowest BCUT2D eigenvalue weighted by atomic mass is 9.90. The quantitative estimate of drug-likeness (QED) is 0.635. The van der Waals surface area contributed by atoms with E-state index in [4.69, 9.17) is 0 Å². The fourth-order valence-electron chi connectivity index (χ4n) is 1.80. The van der Waals surface area contributed by atoms with Gasteiger partial charge in [-0.1, -0.05) is 6.92 Å². The van der Waals surface area contributed by atoms with E-state index in [1.807, 2.05) is 13.8 Å². The Bertz CT molecular complexity index is 213. The smallest absolute Gasteiger partial charge is 0.240 e. The van der Waals surface area contributed by atoms with Crippen LogP contribution < -0.4 is 10.6 Å². The van der Waals surface area contributed by atoms with Crippen molar-refractivity contribution in [1.29, 1.82) is 0 Å². The Morgan fingerprint density at radius 3 is 2.87 bits per heavy atom. The number of carbonyl (C=O) groups excluding carboxylic acids is 1. The van der Waals surface area contributed by atoms with E-state index in [-0.39, 0.29) is 5.91 Å². The lowest BCUT2D eigenvalue weighted by molar-refractivity contribution is -0.128. The van der Waals surface area contributed by atoms with E-state index in [1.54, 1.807) is 0 Å². The zero-order chi connectivity index (χ0) is 11.3. The topological polar surface area (TPSA) is 61.4 Å². The van der Waals surface area contributed by atoms with Gasteiger partial charge in [-0.25, -0.2) is 0 Å². The summed E-state index contributed by atoms with van der Waals surface area (Å²) in [5, 5.41) is 15.4. The van der Waals surface area contributed by atoms with Crippen LogP contribution in [0.1, 0.15) is 39.5 Å². The minimum absolute atomic E-state index is 0.00898. The van der Waals surface area contributed by atoms with Crippen LogP contribution in [0.25, 0.3) is 0 Å². The van der Waals surface area contributed by atoms with Gasteiger partial charge in [0.15, 0.2) is 0 Å². The van der Waals surface area contributed by atoms with Crippen LogP contribution in [0.15, 0.2) is 0 Å². The molecule has 1 aliphatic rings. The van der Waals surface area contributed by atoms with E-state index in [0.717, 1.165) is 25.8 Å². The summed E-state index contributed by atoms with van der Waals surface area (Å²) in [6, 6.07) is 0. The molecule has 0 spiro atoms. The van der Waals surface area contributed by atoms with Crippen molar-refractivity contribution in [2.45, 2.75) is 51.2 Å². The summed E-state index contributed by atoms with van der Waals surface area (Å²) in [7, 11) is 0. The molecule has 0 aliphatic carbocycles. The molecule has 1 heterocycles. The summed E-state index contributed by atoms with van der Waals surface area (Å²) in [5.41, 5.74) is -0.439. The number of aliphatic hydroxyl groups is 1. The van der Waals surface area contributed by atoms with Gasteiger partial charge in [-0.3, -0.25) is 4.79 Å². The van der Waals surface area contributed by atoms with E-state index in [2.05, 4.69) is 10.6 Å². The molecule has 1 rings (SSSR count). The normalized spacial score (nSPS) is 28.5. The standard InChI is InChI=1S/C11H22N2O2/c1-3-9(14)8-12-10(15)11(2)6-4-5-7-13-11/h9,13-14H,3-8H2,1-2H3,(H,12,15). The molecule has 0 aromatic rings. The van der Waals surface area contributed by atoms with Crippen molar-refractivity contribution < 1.29 is 9.90 Å². The molecule has 4 heteroatoms. The summed E-state index contributed by atoms with van der Waals surface area (Å²) in [6.45, 7) is 5.09. The van der Waals surface area contributed by atoms with Crippen LogP contribution in [0.4, 0.5) is 0 Å². The molecule has 1 aliphatic heterocycles. The second kappa shape index (κ2) is 5.47. The highest BCUT2D eigenvalue weighted by Crippen LogP contribution is 2.18. The van der Waals surface area contributed by atoms with Gasteiger partial charge in [-0.05, 0) is 39.2 Å². The first-order valence-corrected chi connectivity index (χ1v) is 5.80. The molecular formula is C11H22N2O2. The summed E-state index contributed by atoms with van der Waals surface area (Å²) in [5.74, 6) is 0.00898. The second-order valence-electron chi connectivity index (χ2n) is 4.49. The summed E-state index contributed by atoms with van der Waals surface area (Å²) < 4.78 is 0. The zero-order valence-corrected chi connectivity index (χ0v) is 9.68. The monoisotopic (exact) mass is 214 g/mol. The van der Waals surface area contributed by atoms with E-state index >= 15 is 0 Å². The van der Waals surface area contributed by atoms with Gasteiger partial charge in [0.1, 0.15) is 0 Å². The minimum Gasteiger partial charge on any atom is -0.391 e. The molecule has 88 valence electrons. The van der Waals surface area contributed by atoms with Gasteiger partial charge in [0.05, 0.1) is 11.6 Å². The molecule has 3 N–H and O–H groups in total. The molecule has 0 radical (unpaired) electrons. The molecule has 2 unspecified atom stereocenters. The maximum atomic E-state index is 11.9. The first kappa shape index (κ1) is 12.5. The number of nitrogens with one attached hydrogen (secondary N) is 2. The average molecular weight is 214 g/mol. The van der Waals surface area contributed by atoms with Gasteiger partial charge < -0.3 is 15.7 Å². The number of hydrogen-bond acceptors (Lipinski definition) is 3. The van der Waals surface area contributed by atoms with E-state index in [9.17, 15) is 9.90 Å². The van der Waals surface area contributed by atoms with Crippen LogP contribution in [0, 0.1) is 0 Å². The molecule has 15 heavy (non-hydrogen) atoms. The minimum atomic E-state index is -0.439. The Morgan fingerprint density at radius 2 is 2.33 bits per heavy atom. The second-order valence-corrected chi connectivity index (χ2v) is 4.49. The number of hydrogen-bond donors (Lipinski definition) is 3. The Labute approximate surface area is 91.4 Å². The number of amides is 1. The average Bonchev–Trinajstić information content (AvgIpc) is 2.26. The molecular weight excluding hydrogens is 192 g/mol. The highest BCUT2D eigenvalue weighted by molar-refractivity contribution is 5.85. The predicted octanol–water partition coefficient (Wildman–Crippen LogP) is 0.406. The largest absolute Gasteiger partial charge is 0.391 e. The van der Waals surface area contributed by atoms with E-state index in [1.165, 1.54) is 0 Å². The lowest BCUT2D eigenvalue weighted by Gasteiger charge is -2.33. The van der Waals surface area contributed by atoms with Gasteiger partial charge >= 0.3 is 0 Å². The van der Waals surface area contributed by atoms with Crippen molar-refractivity contribution in [3.63, 3.8) is 0 Å². The number of carbonyl (C=O) groups is 1. The number of rotatable bonds is 4. The highest BCUT2D eigenvalue weighted by Gasteiger charge is 2.33. The van der Waals surface area contributed by atoms with Gasteiger partial charge in [-0.15, -0.1) is 0 Å². The van der Waals surface area contributed by atoms with Crippen molar-refractivity contribution in [1.82, 2.24) is 10.6 Å². The van der Waals surface area contributed by atoms with Crippen LogP contribution >= 0.6 is 0 Å². The predicted molar refractivity (Wildman–Crippen MR) is 59.6 cm³/mol. The summed E-state index contributed by atoms with van der Waals surface area (Å²) >= 11 is 0. The van der Waals surface area contributed by atoms with Crippen molar-refractivity contribution in [2.24, 2.45) is 0 Å². The van der Waals surface area contributed by atoms with Crippen molar-refractivity contribution in [2.75, 3.05) is 13.1 Å². The fourth-order valence-corrected chi connectivity index (χ4v) is 1.80. The number of piperidine rings is 1. The SMILES string of the molecule is CCC(O)CNC(=O)C1(C)CCCCN1. The van der Waals surface area contributed by atoms with Gasteiger partial charge in [0.2, 0.25) is 5.91 Å². The third-order valence-corrected chi connectivity index (χ3v) is 3.09. The first-order valence-electron chi connectivity index (χ1n) is 5.80. The molecule has 1 saturated heterocycles. The Hall–Kier alpha value is -0.610. The Morgan fingerprint density at radius 1 is 1.60 bits per heavy atom. The fraction of sp³-hybridized carbons (Fsp3) is 0.909. The third-order valence-electron chi connectivity index (χ3n) is 3.09. The maximum Gasteiger partial charge on any atom is 0.240 e. The third kappa shape index (κ3) is 3.47. The van der Waals surface area contributed by atoms with Crippen molar-refractivity contribution >= 4 is 5.91 Å². The van der Waals surface area contributed by atoms with Crippen LogP contribution in [0.2, 0.25) is 0 Å². The molecule has 0 saturated carbocycles. The van der Waals surface area contributed by atoms with Gasteiger partial charge in [0.25, 0.3) is 0 Å². The molecule has 0 aromatic heterocycles. The molecule has 4 nitrogen and oxygen atoms in total. The molecule has 2 atom stereocenters. The van der Waals surface area contributed by atoms with E-state index in [0.29, 0.717) is 13.0 Å².